The first-order valence-electron chi connectivity index (χ1n) is 13.6. The van der Waals surface area contributed by atoms with Gasteiger partial charge < -0.3 is 13.9 Å². The molecule has 0 saturated heterocycles. The molecule has 0 amide bonds. The van der Waals surface area contributed by atoms with Crippen LogP contribution >= 0.6 is 11.6 Å². The maximum Gasteiger partial charge on any atom is 0.453 e. The quantitative estimate of drug-likeness (QED) is 0.134. The van der Waals surface area contributed by atoms with E-state index in [4.69, 9.17) is 25.5 Å². The summed E-state index contributed by atoms with van der Waals surface area (Å²) in [4.78, 5) is 28.6. The summed E-state index contributed by atoms with van der Waals surface area (Å²) in [7, 11) is 0. The molecule has 42 heavy (non-hydrogen) atoms. The molecule has 222 valence electrons. The van der Waals surface area contributed by atoms with Crippen molar-refractivity contribution >= 4 is 28.5 Å². The van der Waals surface area contributed by atoms with Crippen molar-refractivity contribution in [3.63, 3.8) is 0 Å². The van der Waals surface area contributed by atoms with Gasteiger partial charge in [-0.25, -0.2) is 4.79 Å². The average Bonchev–Trinajstić information content (AvgIpc) is 2.93. The minimum Gasteiger partial charge on any atom is -0.449 e. The van der Waals surface area contributed by atoms with Gasteiger partial charge in [0, 0.05) is 11.6 Å². The smallest absolute Gasteiger partial charge is 0.449 e. The molecule has 10 heteroatoms. The van der Waals surface area contributed by atoms with Crippen molar-refractivity contribution < 1.29 is 31.9 Å². The molecule has 0 radical (unpaired) electrons. The number of rotatable bonds is 10. The molecule has 0 fully saturated rings. The van der Waals surface area contributed by atoms with Crippen LogP contribution in [0.15, 0.2) is 63.8 Å². The van der Waals surface area contributed by atoms with Crippen molar-refractivity contribution in [1.82, 2.24) is 4.90 Å². The second-order valence-corrected chi connectivity index (χ2v) is 10.5. The van der Waals surface area contributed by atoms with Crippen molar-refractivity contribution in [3.05, 3.63) is 97.9 Å². The van der Waals surface area contributed by atoms with Crippen molar-refractivity contribution in [2.24, 2.45) is 0 Å². The van der Waals surface area contributed by atoms with E-state index in [1.165, 1.54) is 30.3 Å². The number of ether oxygens (including phenoxy) is 2. The second-order valence-electron chi connectivity index (χ2n) is 10.1. The highest BCUT2D eigenvalue weighted by Gasteiger charge is 2.41. The Kier molecular flexibility index (Phi) is 9.64. The number of fused-ring (bicyclic) bond motifs is 1. The fraction of sp³-hybridized carbons (Fsp3) is 0.312. The summed E-state index contributed by atoms with van der Waals surface area (Å²) in [5, 5.41) is 0.256. The van der Waals surface area contributed by atoms with Gasteiger partial charge in [0.25, 0.3) is 5.76 Å². The van der Waals surface area contributed by atoms with Gasteiger partial charge in [-0.15, -0.1) is 0 Å². The molecular weight excluding hydrogens is 571 g/mol. The fourth-order valence-corrected chi connectivity index (χ4v) is 4.69. The van der Waals surface area contributed by atoms with E-state index in [1.54, 1.807) is 31.2 Å². The maximum atomic E-state index is 14.4. The zero-order valence-corrected chi connectivity index (χ0v) is 24.5. The van der Waals surface area contributed by atoms with Gasteiger partial charge in [-0.2, -0.15) is 13.2 Å². The largest absolute Gasteiger partial charge is 0.453 e. The molecule has 1 heterocycles. The van der Waals surface area contributed by atoms with Crippen molar-refractivity contribution in [2.45, 2.75) is 53.3 Å². The van der Waals surface area contributed by atoms with Crippen LogP contribution in [0.5, 0.6) is 17.2 Å². The van der Waals surface area contributed by atoms with Crippen LogP contribution in [-0.4, -0.2) is 24.0 Å². The lowest BCUT2D eigenvalue weighted by atomic mass is 10.1. The number of carbonyl (C=O) groups excluding carboxylic acids is 1. The summed E-state index contributed by atoms with van der Waals surface area (Å²) in [6.45, 7) is 8.84. The van der Waals surface area contributed by atoms with Crippen LogP contribution in [0.2, 0.25) is 5.02 Å². The number of halogens is 4. The molecule has 0 unspecified atom stereocenters. The van der Waals surface area contributed by atoms with E-state index >= 15 is 0 Å². The number of hydrogen-bond donors (Lipinski definition) is 0. The first-order chi connectivity index (χ1) is 19.9. The van der Waals surface area contributed by atoms with E-state index < -0.39 is 29.1 Å². The van der Waals surface area contributed by atoms with Crippen LogP contribution in [0.3, 0.4) is 0 Å². The van der Waals surface area contributed by atoms with Gasteiger partial charge in [0.2, 0.25) is 11.2 Å². The number of alkyl halides is 3. The SMILES string of the molecule is CCCN(CCC)Cc1c(OC(=O)c2ccc(C)cc2)ccc2c(=O)c(Oc3ccc(Cl)c(C)c3)c(C(F)(F)F)oc12. The summed E-state index contributed by atoms with van der Waals surface area (Å²) in [5.41, 5.74) is 0.601. The summed E-state index contributed by atoms with van der Waals surface area (Å²) in [5.74, 6) is -3.28. The predicted molar refractivity (Wildman–Crippen MR) is 156 cm³/mol. The van der Waals surface area contributed by atoms with E-state index in [1.807, 2.05) is 25.7 Å². The van der Waals surface area contributed by atoms with E-state index in [-0.39, 0.29) is 40.1 Å². The zero-order valence-electron chi connectivity index (χ0n) is 23.7. The first kappa shape index (κ1) is 31.1. The van der Waals surface area contributed by atoms with E-state index in [0.717, 1.165) is 18.4 Å². The van der Waals surface area contributed by atoms with Gasteiger partial charge in [0.1, 0.15) is 17.1 Å². The summed E-state index contributed by atoms with van der Waals surface area (Å²) >= 11 is 6.04. The van der Waals surface area contributed by atoms with Gasteiger partial charge in [0.05, 0.1) is 16.5 Å². The molecule has 6 nitrogen and oxygen atoms in total. The van der Waals surface area contributed by atoms with Crippen molar-refractivity contribution in [3.8, 4) is 17.2 Å². The highest BCUT2D eigenvalue weighted by atomic mass is 35.5. The highest BCUT2D eigenvalue weighted by Crippen LogP contribution is 2.40. The lowest BCUT2D eigenvalue weighted by Gasteiger charge is -2.23. The lowest BCUT2D eigenvalue weighted by molar-refractivity contribution is -0.154. The monoisotopic (exact) mass is 601 g/mol. The molecule has 3 aromatic carbocycles. The molecule has 0 N–H and O–H groups in total. The maximum absolute atomic E-state index is 14.4. The molecule has 1 aromatic heterocycles. The van der Waals surface area contributed by atoms with Gasteiger partial charge >= 0.3 is 12.1 Å². The first-order valence-corrected chi connectivity index (χ1v) is 14.0. The number of hydrogen-bond acceptors (Lipinski definition) is 6. The van der Waals surface area contributed by atoms with Crippen molar-refractivity contribution in [1.29, 1.82) is 0 Å². The van der Waals surface area contributed by atoms with Crippen LogP contribution < -0.4 is 14.9 Å². The Morgan fingerprint density at radius 1 is 0.976 bits per heavy atom. The van der Waals surface area contributed by atoms with Gasteiger partial charge in [-0.1, -0.05) is 43.1 Å². The van der Waals surface area contributed by atoms with E-state index in [2.05, 4.69) is 0 Å². The molecule has 0 bridgehead atoms. The molecule has 0 aliphatic carbocycles. The molecule has 4 rings (SSSR count). The van der Waals surface area contributed by atoms with Crippen LogP contribution in [0.1, 0.15) is 59.5 Å². The number of benzene rings is 3. The normalized spacial score (nSPS) is 11.7. The average molecular weight is 602 g/mol. The Bertz CT molecular complexity index is 1640. The number of nitrogens with zero attached hydrogens (tertiary/aromatic N) is 1. The predicted octanol–water partition coefficient (Wildman–Crippen LogP) is 8.72. The van der Waals surface area contributed by atoms with Crippen LogP contribution in [0, 0.1) is 13.8 Å². The Morgan fingerprint density at radius 2 is 1.64 bits per heavy atom. The summed E-state index contributed by atoms with van der Waals surface area (Å²) in [6, 6.07) is 13.6. The summed E-state index contributed by atoms with van der Waals surface area (Å²) in [6.07, 6.45) is -3.51. The summed E-state index contributed by atoms with van der Waals surface area (Å²) < 4.78 is 59.8. The standard InChI is InChI=1S/C32H31ClF3NO5/c1-5-15-37(16-6-2)18-24-26(41-31(39)21-9-7-19(3)8-10-21)14-12-23-27(38)29(30(32(34,35)36)42-28(23)24)40-22-11-13-25(33)20(4)17-22/h7-14,17H,5-6,15-16,18H2,1-4H3. The Balaban J connectivity index is 1.91. The zero-order chi connectivity index (χ0) is 30.6. The molecule has 0 aliphatic rings. The Hall–Kier alpha value is -3.82. The highest BCUT2D eigenvalue weighted by molar-refractivity contribution is 6.31. The van der Waals surface area contributed by atoms with Gasteiger partial charge in [0.15, 0.2) is 0 Å². The Morgan fingerprint density at radius 3 is 2.24 bits per heavy atom. The third kappa shape index (κ3) is 6.97. The van der Waals surface area contributed by atoms with E-state index in [0.29, 0.717) is 23.7 Å². The third-order valence-electron chi connectivity index (χ3n) is 6.64. The molecule has 0 aliphatic heterocycles. The van der Waals surface area contributed by atoms with Crippen LogP contribution in [-0.2, 0) is 12.7 Å². The topological polar surface area (TPSA) is 69.0 Å². The minimum absolute atomic E-state index is 0.00329. The molecule has 0 spiro atoms. The minimum atomic E-state index is -5.07. The fourth-order valence-electron chi connectivity index (χ4n) is 4.58. The molecule has 0 saturated carbocycles. The lowest BCUT2D eigenvalue weighted by Crippen LogP contribution is -2.26. The third-order valence-corrected chi connectivity index (χ3v) is 7.06. The van der Waals surface area contributed by atoms with Crippen molar-refractivity contribution in [2.75, 3.05) is 13.1 Å². The molecule has 0 atom stereocenters. The second kappa shape index (κ2) is 13.0. The van der Waals surface area contributed by atoms with Crippen LogP contribution in [0.25, 0.3) is 11.0 Å². The Labute approximate surface area is 246 Å². The van der Waals surface area contributed by atoms with Gasteiger partial charge in [-0.3, -0.25) is 9.69 Å². The van der Waals surface area contributed by atoms with Crippen LogP contribution in [0.4, 0.5) is 13.2 Å². The van der Waals surface area contributed by atoms with Gasteiger partial charge in [-0.05, 0) is 87.8 Å². The number of aryl methyl sites for hydroxylation is 2. The number of carbonyl (C=O) groups is 1. The number of esters is 1. The molecule has 4 aromatic rings. The van der Waals surface area contributed by atoms with E-state index in [9.17, 15) is 22.8 Å². The molecular formula is C32H31ClF3NO5.